The maximum absolute atomic E-state index is 11.6. The van der Waals surface area contributed by atoms with Gasteiger partial charge in [-0.15, -0.1) is 0 Å². The second-order valence-corrected chi connectivity index (χ2v) is 6.01. The summed E-state index contributed by atoms with van der Waals surface area (Å²) in [5.74, 6) is 0.763. The van der Waals surface area contributed by atoms with Crippen LogP contribution in [0.4, 0.5) is 0 Å². The highest BCUT2D eigenvalue weighted by atomic mass is 16.1. The standard InChI is InChI=1S/C18H27N5O/c1-13(2)23-17(24)9-11-21-18(19-3)20-10-8-14-12-22-16-7-5-4-6-15(14)16/h4-7,12-13,22H,8-11H2,1-3H3,(H,23,24)(H2,19,20,21). The minimum Gasteiger partial charge on any atom is -0.361 e. The van der Waals surface area contributed by atoms with E-state index in [2.05, 4.69) is 50.3 Å². The molecule has 0 radical (unpaired) electrons. The fourth-order valence-electron chi connectivity index (χ4n) is 2.56. The molecule has 2 rings (SSSR count). The van der Waals surface area contributed by atoms with Gasteiger partial charge in [-0.05, 0) is 31.9 Å². The zero-order valence-corrected chi connectivity index (χ0v) is 14.6. The van der Waals surface area contributed by atoms with Gasteiger partial charge in [-0.3, -0.25) is 9.79 Å². The van der Waals surface area contributed by atoms with E-state index in [0.717, 1.165) is 18.5 Å². The minimum absolute atomic E-state index is 0.0479. The Balaban J connectivity index is 1.73. The van der Waals surface area contributed by atoms with Gasteiger partial charge in [0.25, 0.3) is 0 Å². The molecule has 4 N–H and O–H groups in total. The van der Waals surface area contributed by atoms with Gasteiger partial charge in [-0.1, -0.05) is 18.2 Å². The first-order chi connectivity index (χ1) is 11.6. The Morgan fingerprint density at radius 2 is 1.96 bits per heavy atom. The quantitative estimate of drug-likeness (QED) is 0.462. The highest BCUT2D eigenvalue weighted by Gasteiger charge is 2.05. The number of H-pyrrole nitrogens is 1. The zero-order valence-electron chi connectivity index (χ0n) is 14.6. The second kappa shape index (κ2) is 8.96. The number of aromatic amines is 1. The molecule has 1 amide bonds. The molecule has 6 heteroatoms. The number of fused-ring (bicyclic) bond motifs is 1. The van der Waals surface area contributed by atoms with Crippen molar-refractivity contribution in [2.75, 3.05) is 20.1 Å². The summed E-state index contributed by atoms with van der Waals surface area (Å²) in [6.45, 7) is 5.25. The molecule has 0 aliphatic heterocycles. The fourth-order valence-corrected chi connectivity index (χ4v) is 2.56. The van der Waals surface area contributed by atoms with Crippen molar-refractivity contribution in [1.29, 1.82) is 0 Å². The second-order valence-electron chi connectivity index (χ2n) is 6.01. The number of hydrogen-bond donors (Lipinski definition) is 4. The Kier molecular flexibility index (Phi) is 6.66. The van der Waals surface area contributed by atoms with Crippen LogP contribution < -0.4 is 16.0 Å². The van der Waals surface area contributed by atoms with Crippen LogP contribution in [0, 0.1) is 0 Å². The van der Waals surface area contributed by atoms with Crippen molar-refractivity contribution in [3.8, 4) is 0 Å². The summed E-state index contributed by atoms with van der Waals surface area (Å²) in [6.07, 6.45) is 3.39. The number of nitrogens with zero attached hydrogens (tertiary/aromatic N) is 1. The number of benzene rings is 1. The summed E-state index contributed by atoms with van der Waals surface area (Å²) in [5.41, 5.74) is 2.44. The highest BCUT2D eigenvalue weighted by molar-refractivity contribution is 5.83. The molecule has 0 fully saturated rings. The molecular formula is C18H27N5O. The molecule has 0 aliphatic rings. The molecule has 1 aromatic carbocycles. The topological polar surface area (TPSA) is 81.3 Å². The molecule has 1 aromatic heterocycles. The highest BCUT2D eigenvalue weighted by Crippen LogP contribution is 2.17. The van der Waals surface area contributed by atoms with Crippen LogP contribution in [0.2, 0.25) is 0 Å². The maximum Gasteiger partial charge on any atom is 0.221 e. The monoisotopic (exact) mass is 329 g/mol. The van der Waals surface area contributed by atoms with E-state index in [0.29, 0.717) is 18.9 Å². The Morgan fingerprint density at radius 3 is 2.71 bits per heavy atom. The van der Waals surface area contributed by atoms with Gasteiger partial charge >= 0.3 is 0 Å². The number of carbonyl (C=O) groups is 1. The molecule has 1 heterocycles. The Bertz CT molecular complexity index is 690. The lowest BCUT2D eigenvalue weighted by Crippen LogP contribution is -2.40. The first kappa shape index (κ1) is 17.8. The van der Waals surface area contributed by atoms with Crippen LogP contribution in [-0.4, -0.2) is 43.0 Å². The number of amides is 1. The Morgan fingerprint density at radius 1 is 1.21 bits per heavy atom. The lowest BCUT2D eigenvalue weighted by Gasteiger charge is -2.12. The Labute approximate surface area is 143 Å². The van der Waals surface area contributed by atoms with Crippen molar-refractivity contribution in [2.45, 2.75) is 32.7 Å². The number of nitrogens with one attached hydrogen (secondary N) is 4. The third kappa shape index (κ3) is 5.30. The van der Waals surface area contributed by atoms with Crippen LogP contribution in [0.5, 0.6) is 0 Å². The SMILES string of the molecule is CN=C(NCCC(=O)NC(C)C)NCCc1c[nH]c2ccccc12. The summed E-state index contributed by atoms with van der Waals surface area (Å²) in [6, 6.07) is 8.46. The first-order valence-electron chi connectivity index (χ1n) is 8.39. The smallest absolute Gasteiger partial charge is 0.221 e. The van der Waals surface area contributed by atoms with E-state index >= 15 is 0 Å². The van der Waals surface area contributed by atoms with Gasteiger partial charge in [0.1, 0.15) is 0 Å². The molecular weight excluding hydrogens is 302 g/mol. The lowest BCUT2D eigenvalue weighted by molar-refractivity contribution is -0.121. The predicted molar refractivity (Wildman–Crippen MR) is 99.3 cm³/mol. The fraction of sp³-hybridized carbons (Fsp3) is 0.444. The van der Waals surface area contributed by atoms with Gasteiger partial charge in [-0.2, -0.15) is 0 Å². The van der Waals surface area contributed by atoms with Crippen molar-refractivity contribution in [3.05, 3.63) is 36.0 Å². The van der Waals surface area contributed by atoms with E-state index in [9.17, 15) is 4.79 Å². The number of carbonyl (C=O) groups excluding carboxylic acids is 1. The Hall–Kier alpha value is -2.50. The number of aliphatic imine (C=N–C) groups is 1. The summed E-state index contributed by atoms with van der Waals surface area (Å²) in [5, 5.41) is 10.6. The summed E-state index contributed by atoms with van der Waals surface area (Å²) in [7, 11) is 1.73. The average Bonchev–Trinajstić information content (AvgIpc) is 2.96. The van der Waals surface area contributed by atoms with E-state index in [1.807, 2.05) is 19.9 Å². The number of guanidine groups is 1. The van der Waals surface area contributed by atoms with Crippen LogP contribution in [0.15, 0.2) is 35.5 Å². The van der Waals surface area contributed by atoms with Crippen LogP contribution in [0.3, 0.4) is 0 Å². The van der Waals surface area contributed by atoms with Crippen LogP contribution >= 0.6 is 0 Å². The normalized spacial score (nSPS) is 11.8. The molecule has 0 saturated heterocycles. The summed E-state index contributed by atoms with van der Waals surface area (Å²) < 4.78 is 0. The van der Waals surface area contributed by atoms with Crippen molar-refractivity contribution < 1.29 is 4.79 Å². The van der Waals surface area contributed by atoms with Gasteiger partial charge < -0.3 is 20.9 Å². The van der Waals surface area contributed by atoms with Gasteiger partial charge in [0.15, 0.2) is 5.96 Å². The maximum atomic E-state index is 11.6. The van der Waals surface area contributed by atoms with Crippen molar-refractivity contribution in [1.82, 2.24) is 20.9 Å². The van der Waals surface area contributed by atoms with Gasteiger partial charge in [-0.25, -0.2) is 0 Å². The molecule has 2 aromatic rings. The van der Waals surface area contributed by atoms with Gasteiger partial charge in [0.2, 0.25) is 5.91 Å². The molecule has 130 valence electrons. The van der Waals surface area contributed by atoms with Gasteiger partial charge in [0.05, 0.1) is 0 Å². The number of aromatic nitrogens is 1. The van der Waals surface area contributed by atoms with Crippen molar-refractivity contribution >= 4 is 22.8 Å². The largest absolute Gasteiger partial charge is 0.361 e. The van der Waals surface area contributed by atoms with Crippen molar-refractivity contribution in [3.63, 3.8) is 0 Å². The molecule has 0 unspecified atom stereocenters. The van der Waals surface area contributed by atoms with Crippen LogP contribution in [-0.2, 0) is 11.2 Å². The number of rotatable bonds is 7. The van der Waals surface area contributed by atoms with E-state index in [1.165, 1.54) is 10.9 Å². The molecule has 0 aliphatic carbocycles. The van der Waals surface area contributed by atoms with E-state index in [-0.39, 0.29) is 11.9 Å². The lowest BCUT2D eigenvalue weighted by atomic mass is 10.1. The molecule has 0 bridgehead atoms. The molecule has 24 heavy (non-hydrogen) atoms. The van der Waals surface area contributed by atoms with Crippen LogP contribution in [0.25, 0.3) is 10.9 Å². The molecule has 0 spiro atoms. The summed E-state index contributed by atoms with van der Waals surface area (Å²) >= 11 is 0. The van der Waals surface area contributed by atoms with Crippen molar-refractivity contribution in [2.24, 2.45) is 4.99 Å². The molecule has 0 atom stereocenters. The summed E-state index contributed by atoms with van der Waals surface area (Å²) in [4.78, 5) is 19.1. The molecule has 0 saturated carbocycles. The first-order valence-corrected chi connectivity index (χ1v) is 8.39. The van der Waals surface area contributed by atoms with E-state index in [4.69, 9.17) is 0 Å². The number of hydrogen-bond acceptors (Lipinski definition) is 2. The number of para-hydroxylation sites is 1. The predicted octanol–water partition coefficient (Wildman–Crippen LogP) is 1.79. The third-order valence-electron chi connectivity index (χ3n) is 3.68. The molecule has 6 nitrogen and oxygen atoms in total. The third-order valence-corrected chi connectivity index (χ3v) is 3.68. The minimum atomic E-state index is 0.0479. The zero-order chi connectivity index (χ0) is 17.4. The van der Waals surface area contributed by atoms with Crippen LogP contribution in [0.1, 0.15) is 25.8 Å². The van der Waals surface area contributed by atoms with Gasteiger partial charge in [0, 0.05) is 49.7 Å². The average molecular weight is 329 g/mol. The van der Waals surface area contributed by atoms with E-state index in [1.54, 1.807) is 7.05 Å². The van der Waals surface area contributed by atoms with E-state index < -0.39 is 0 Å².